The number of Topliss-reactive ketones (excluding diaryl/α,β-unsaturated/α-hetero) is 1. The summed E-state index contributed by atoms with van der Waals surface area (Å²) in [4.78, 5) is 28.1. The van der Waals surface area contributed by atoms with Gasteiger partial charge in [-0.15, -0.1) is 11.3 Å². The lowest BCUT2D eigenvalue weighted by Crippen LogP contribution is -2.20. The number of esters is 1. The van der Waals surface area contributed by atoms with Crippen LogP contribution in [0.5, 0.6) is 0 Å². The van der Waals surface area contributed by atoms with Gasteiger partial charge in [0.05, 0.1) is 6.07 Å². The molecule has 130 valence electrons. The number of ketones is 1. The Hall–Kier alpha value is -2.52. The predicted octanol–water partition coefficient (Wildman–Crippen LogP) is 3.37. The van der Waals surface area contributed by atoms with E-state index in [0.717, 1.165) is 17.7 Å². The molecule has 25 heavy (non-hydrogen) atoms. The van der Waals surface area contributed by atoms with Crippen LogP contribution in [0.4, 0.5) is 0 Å². The molecule has 0 aliphatic carbocycles. The maximum Gasteiger partial charge on any atom is 0.306 e. The zero-order chi connectivity index (χ0) is 18.2. The summed E-state index contributed by atoms with van der Waals surface area (Å²) >= 11 is 1.26. The monoisotopic (exact) mass is 356 g/mol. The average molecular weight is 356 g/mol. The van der Waals surface area contributed by atoms with E-state index in [1.807, 2.05) is 30.3 Å². The van der Waals surface area contributed by atoms with E-state index in [2.05, 4.69) is 11.9 Å². The van der Waals surface area contributed by atoms with Gasteiger partial charge in [-0.3, -0.25) is 9.59 Å². The van der Waals surface area contributed by atoms with Gasteiger partial charge in [-0.25, -0.2) is 4.98 Å². The number of hydrogen-bond acceptors (Lipinski definition) is 6. The molecule has 0 aliphatic heterocycles. The molecular weight excluding hydrogens is 336 g/mol. The van der Waals surface area contributed by atoms with Crippen molar-refractivity contribution in [3.8, 4) is 6.07 Å². The van der Waals surface area contributed by atoms with Gasteiger partial charge in [0.1, 0.15) is 5.01 Å². The Bertz CT molecular complexity index is 775. The third kappa shape index (κ3) is 5.50. The van der Waals surface area contributed by atoms with Crippen molar-refractivity contribution in [3.63, 3.8) is 0 Å². The van der Waals surface area contributed by atoms with Gasteiger partial charge < -0.3 is 4.74 Å². The number of aryl methyl sites for hydroxylation is 3. The first kappa shape index (κ1) is 18.8. The lowest BCUT2D eigenvalue weighted by atomic mass is 10.1. The highest BCUT2D eigenvalue weighted by molar-refractivity contribution is 7.09. The Morgan fingerprint density at radius 2 is 1.96 bits per heavy atom. The summed E-state index contributed by atoms with van der Waals surface area (Å²) in [5.41, 5.74) is 3.06. The molecule has 0 bridgehead atoms. The summed E-state index contributed by atoms with van der Waals surface area (Å²) in [5, 5.41) is 11.4. The second kappa shape index (κ2) is 9.09. The maximum atomic E-state index is 12.1. The number of carbonyl (C=O) groups is 2. The van der Waals surface area contributed by atoms with Crippen LogP contribution in [0.15, 0.2) is 29.6 Å². The Labute approximate surface area is 151 Å². The molecule has 1 atom stereocenters. The highest BCUT2D eigenvalue weighted by atomic mass is 32.1. The van der Waals surface area contributed by atoms with Crippen LogP contribution in [-0.2, 0) is 27.2 Å². The largest absolute Gasteiger partial charge is 0.458 e. The molecule has 0 spiro atoms. The minimum atomic E-state index is -0.979. The van der Waals surface area contributed by atoms with Gasteiger partial charge in [0.15, 0.2) is 18.3 Å². The fourth-order valence-corrected chi connectivity index (χ4v) is 3.13. The number of nitrogens with zero attached hydrogens (tertiary/aromatic N) is 2. The molecule has 0 aliphatic rings. The van der Waals surface area contributed by atoms with Gasteiger partial charge in [-0.1, -0.05) is 31.2 Å². The zero-order valence-electron chi connectivity index (χ0n) is 14.3. The van der Waals surface area contributed by atoms with Crippen molar-refractivity contribution in [1.82, 2.24) is 4.98 Å². The lowest BCUT2D eigenvalue weighted by Gasteiger charge is -2.07. The summed E-state index contributed by atoms with van der Waals surface area (Å²) in [6.07, 6.45) is 1.74. The van der Waals surface area contributed by atoms with Gasteiger partial charge in [-0.05, 0) is 30.9 Å². The van der Waals surface area contributed by atoms with Crippen LogP contribution < -0.4 is 0 Å². The predicted molar refractivity (Wildman–Crippen MR) is 95.3 cm³/mol. The summed E-state index contributed by atoms with van der Waals surface area (Å²) in [7, 11) is 0. The topological polar surface area (TPSA) is 80.0 Å². The number of thiazole rings is 1. The molecule has 0 saturated heterocycles. The summed E-state index contributed by atoms with van der Waals surface area (Å²) in [5.74, 6) is -1.87. The van der Waals surface area contributed by atoms with Gasteiger partial charge in [0.25, 0.3) is 0 Å². The SMILES string of the molecule is CCc1ccc(CCC(=O)OCC(=O)[C@H](C#N)c2nc(C)cs2)cc1. The molecule has 0 saturated carbocycles. The number of carbonyl (C=O) groups excluding carboxylic acids is 2. The first-order valence-electron chi connectivity index (χ1n) is 8.11. The molecule has 0 amide bonds. The summed E-state index contributed by atoms with van der Waals surface area (Å²) in [6.45, 7) is 3.49. The third-order valence-corrected chi connectivity index (χ3v) is 4.79. The van der Waals surface area contributed by atoms with E-state index < -0.39 is 24.3 Å². The van der Waals surface area contributed by atoms with Gasteiger partial charge >= 0.3 is 5.97 Å². The molecule has 5 nitrogen and oxygen atoms in total. The summed E-state index contributed by atoms with van der Waals surface area (Å²) in [6, 6.07) is 10.00. The van der Waals surface area contributed by atoms with Crippen molar-refractivity contribution in [3.05, 3.63) is 51.5 Å². The first-order valence-corrected chi connectivity index (χ1v) is 8.99. The molecule has 1 heterocycles. The van der Waals surface area contributed by atoms with E-state index in [9.17, 15) is 14.9 Å². The number of ether oxygens (including phenoxy) is 1. The molecule has 0 fully saturated rings. The van der Waals surface area contributed by atoms with E-state index >= 15 is 0 Å². The van der Waals surface area contributed by atoms with Crippen molar-refractivity contribution >= 4 is 23.1 Å². The second-order valence-electron chi connectivity index (χ2n) is 5.69. The van der Waals surface area contributed by atoms with Crippen LogP contribution in [0.25, 0.3) is 0 Å². The van der Waals surface area contributed by atoms with E-state index in [0.29, 0.717) is 11.4 Å². The second-order valence-corrected chi connectivity index (χ2v) is 6.58. The Morgan fingerprint density at radius 1 is 1.28 bits per heavy atom. The zero-order valence-corrected chi connectivity index (χ0v) is 15.1. The normalized spacial score (nSPS) is 11.6. The number of rotatable bonds is 8. The molecular formula is C19H20N2O3S. The molecule has 2 rings (SSSR count). The van der Waals surface area contributed by atoms with Crippen molar-refractivity contribution in [2.75, 3.05) is 6.61 Å². The van der Waals surface area contributed by atoms with Crippen LogP contribution in [-0.4, -0.2) is 23.3 Å². The van der Waals surface area contributed by atoms with Crippen LogP contribution in [0.1, 0.15) is 41.1 Å². The minimum absolute atomic E-state index is 0.201. The number of hydrogen-bond donors (Lipinski definition) is 0. The van der Waals surface area contributed by atoms with Crippen LogP contribution in [0, 0.1) is 18.3 Å². The molecule has 0 N–H and O–H groups in total. The molecule has 0 unspecified atom stereocenters. The maximum absolute atomic E-state index is 12.1. The Kier molecular flexibility index (Phi) is 6.84. The van der Waals surface area contributed by atoms with Gasteiger partial charge in [-0.2, -0.15) is 5.26 Å². The highest BCUT2D eigenvalue weighted by Gasteiger charge is 2.24. The van der Waals surface area contributed by atoms with E-state index in [4.69, 9.17) is 4.74 Å². The molecule has 0 radical (unpaired) electrons. The number of nitriles is 1. The average Bonchev–Trinajstić information content (AvgIpc) is 3.05. The van der Waals surface area contributed by atoms with E-state index in [1.165, 1.54) is 16.9 Å². The molecule has 6 heteroatoms. The van der Waals surface area contributed by atoms with Crippen molar-refractivity contribution in [2.45, 2.75) is 39.0 Å². The van der Waals surface area contributed by atoms with Crippen LogP contribution in [0.3, 0.4) is 0 Å². The van der Waals surface area contributed by atoms with Crippen LogP contribution >= 0.6 is 11.3 Å². The Morgan fingerprint density at radius 3 is 2.52 bits per heavy atom. The molecule has 1 aromatic carbocycles. The molecule has 2 aromatic rings. The Balaban J connectivity index is 1.80. The van der Waals surface area contributed by atoms with E-state index in [1.54, 1.807) is 12.3 Å². The third-order valence-electron chi connectivity index (χ3n) is 3.76. The summed E-state index contributed by atoms with van der Waals surface area (Å²) < 4.78 is 5.02. The van der Waals surface area contributed by atoms with Gasteiger partial charge in [0.2, 0.25) is 0 Å². The van der Waals surface area contributed by atoms with Crippen molar-refractivity contribution < 1.29 is 14.3 Å². The van der Waals surface area contributed by atoms with Gasteiger partial charge in [0, 0.05) is 17.5 Å². The molecule has 1 aromatic heterocycles. The first-order chi connectivity index (χ1) is 12.0. The smallest absolute Gasteiger partial charge is 0.306 e. The van der Waals surface area contributed by atoms with Crippen molar-refractivity contribution in [1.29, 1.82) is 5.26 Å². The van der Waals surface area contributed by atoms with E-state index in [-0.39, 0.29) is 6.42 Å². The fraction of sp³-hybridized carbons (Fsp3) is 0.368. The number of benzene rings is 1. The highest BCUT2D eigenvalue weighted by Crippen LogP contribution is 2.20. The minimum Gasteiger partial charge on any atom is -0.458 e. The fourth-order valence-electron chi connectivity index (χ4n) is 2.26. The number of aromatic nitrogens is 1. The van der Waals surface area contributed by atoms with Crippen molar-refractivity contribution in [2.24, 2.45) is 0 Å². The lowest BCUT2D eigenvalue weighted by molar-refractivity contribution is -0.148. The quantitative estimate of drug-likeness (QED) is 0.678. The standard InChI is InChI=1S/C19H20N2O3S/c1-3-14-4-6-15(7-5-14)8-9-18(23)24-11-17(22)16(10-20)19-21-13(2)12-25-19/h4-7,12,16H,3,8-9,11H2,1-2H3/t16-/m0/s1. The van der Waals surface area contributed by atoms with Crippen LogP contribution in [0.2, 0.25) is 0 Å².